The number of nitrogens with one attached hydrogen (secondary N) is 1. The van der Waals surface area contributed by atoms with Gasteiger partial charge in [-0.2, -0.15) is 18.3 Å². The Bertz CT molecular complexity index is 1250. The average Bonchev–Trinajstić information content (AvgIpc) is 3.13. The van der Waals surface area contributed by atoms with Crippen molar-refractivity contribution in [1.29, 1.82) is 0 Å². The third kappa shape index (κ3) is 4.90. The minimum absolute atomic E-state index is 0.0245. The number of hydrogen-bond acceptors (Lipinski definition) is 4. The second-order valence-electron chi connectivity index (χ2n) is 9.11. The molecule has 6 nitrogen and oxygen atoms in total. The van der Waals surface area contributed by atoms with Gasteiger partial charge >= 0.3 is 6.18 Å². The molecule has 1 fully saturated rings. The first-order valence-corrected chi connectivity index (χ1v) is 11.2. The summed E-state index contributed by atoms with van der Waals surface area (Å²) < 4.78 is 66.8. The molecule has 1 N–H and O–H groups in total. The quantitative estimate of drug-likeness (QED) is 0.564. The number of benzene rings is 2. The van der Waals surface area contributed by atoms with Crippen LogP contribution in [0.25, 0.3) is 11.4 Å². The smallest absolute Gasteiger partial charge is 0.349 e. The summed E-state index contributed by atoms with van der Waals surface area (Å²) in [5.74, 6) is -1.11. The van der Waals surface area contributed by atoms with Gasteiger partial charge in [-0.05, 0) is 42.7 Å². The number of halogens is 5. The second kappa shape index (κ2) is 8.71. The molecule has 0 bridgehead atoms. The topological polar surface area (TPSA) is 63.1 Å². The lowest BCUT2D eigenvalue weighted by Gasteiger charge is -2.41. The number of likely N-dealkylation sites (tertiary alicyclic amines) is 1. The van der Waals surface area contributed by atoms with E-state index in [1.54, 1.807) is 6.07 Å². The Balaban J connectivity index is 1.30. The summed E-state index contributed by atoms with van der Waals surface area (Å²) in [4.78, 5) is 19.3. The van der Waals surface area contributed by atoms with Gasteiger partial charge in [0.1, 0.15) is 12.4 Å². The second-order valence-corrected chi connectivity index (χ2v) is 9.11. The van der Waals surface area contributed by atoms with Crippen LogP contribution in [0.2, 0.25) is 0 Å². The molecule has 3 aromatic rings. The molecule has 3 heterocycles. The van der Waals surface area contributed by atoms with E-state index in [4.69, 9.17) is 0 Å². The molecule has 2 aliphatic rings. The summed E-state index contributed by atoms with van der Waals surface area (Å²) in [6, 6.07) is 8.48. The summed E-state index contributed by atoms with van der Waals surface area (Å²) in [5, 5.41) is 7.48. The van der Waals surface area contributed by atoms with Crippen molar-refractivity contribution in [2.24, 2.45) is 0 Å². The lowest BCUT2D eigenvalue weighted by atomic mass is 9.84. The fourth-order valence-electron chi connectivity index (χ4n) is 4.72. The first kappa shape index (κ1) is 23.4. The van der Waals surface area contributed by atoms with Crippen molar-refractivity contribution in [2.45, 2.75) is 44.1 Å². The van der Waals surface area contributed by atoms with E-state index in [1.807, 2.05) is 0 Å². The van der Waals surface area contributed by atoms with Crippen molar-refractivity contribution < 1.29 is 26.7 Å². The highest BCUT2D eigenvalue weighted by atomic mass is 19.4. The fourth-order valence-corrected chi connectivity index (χ4v) is 4.72. The first-order valence-electron chi connectivity index (χ1n) is 11.2. The number of fused-ring (bicyclic) bond motifs is 1. The molecule has 1 amide bonds. The molecule has 0 unspecified atom stereocenters. The highest BCUT2D eigenvalue weighted by Gasteiger charge is 2.40. The zero-order chi connectivity index (χ0) is 24.8. The molecule has 184 valence electrons. The molecule has 0 radical (unpaired) electrons. The van der Waals surface area contributed by atoms with E-state index >= 15 is 0 Å². The van der Waals surface area contributed by atoms with Gasteiger partial charge in [0, 0.05) is 37.2 Å². The van der Waals surface area contributed by atoms with Crippen molar-refractivity contribution in [2.75, 3.05) is 13.1 Å². The van der Waals surface area contributed by atoms with Crippen LogP contribution in [-0.4, -0.2) is 44.2 Å². The number of piperidine rings is 1. The van der Waals surface area contributed by atoms with Crippen LogP contribution in [0.5, 0.6) is 0 Å². The molecule has 2 aliphatic heterocycles. The number of nitrogens with zero attached hydrogens (tertiary/aromatic N) is 4. The van der Waals surface area contributed by atoms with Gasteiger partial charge in [0.2, 0.25) is 5.91 Å². The van der Waals surface area contributed by atoms with Gasteiger partial charge in [-0.1, -0.05) is 18.2 Å². The summed E-state index contributed by atoms with van der Waals surface area (Å²) >= 11 is 0. The summed E-state index contributed by atoms with van der Waals surface area (Å²) in [5.41, 5.74) is -0.170. The van der Waals surface area contributed by atoms with Gasteiger partial charge in [-0.3, -0.25) is 9.69 Å². The zero-order valence-electron chi connectivity index (χ0n) is 18.6. The third-order valence-electron chi connectivity index (χ3n) is 6.62. The molecule has 2 aromatic carbocycles. The fraction of sp³-hybridized carbons (Fsp3) is 0.375. The average molecular weight is 491 g/mol. The lowest BCUT2D eigenvalue weighted by molar-refractivity contribution is -0.137. The van der Waals surface area contributed by atoms with Gasteiger partial charge in [0.15, 0.2) is 17.5 Å². The molecule has 35 heavy (non-hydrogen) atoms. The minimum Gasteiger partial charge on any atom is -0.349 e. The van der Waals surface area contributed by atoms with Crippen LogP contribution in [0.4, 0.5) is 22.0 Å². The first-order chi connectivity index (χ1) is 16.6. The Morgan fingerprint density at radius 3 is 2.37 bits per heavy atom. The molecule has 0 atom stereocenters. The predicted octanol–water partition coefficient (Wildman–Crippen LogP) is 3.95. The Kier molecular flexibility index (Phi) is 5.82. The largest absolute Gasteiger partial charge is 0.416 e. The number of rotatable bonds is 3. The number of aromatic nitrogens is 3. The monoisotopic (exact) mass is 491 g/mol. The van der Waals surface area contributed by atoms with Crippen LogP contribution in [-0.2, 0) is 30.5 Å². The van der Waals surface area contributed by atoms with Gasteiger partial charge in [-0.25, -0.2) is 18.4 Å². The van der Waals surface area contributed by atoms with Crippen LogP contribution in [0.1, 0.15) is 29.8 Å². The number of carbonyl (C=O) groups is 1. The van der Waals surface area contributed by atoms with Crippen molar-refractivity contribution in [3.8, 4) is 11.4 Å². The number of alkyl halides is 3. The Morgan fingerprint density at radius 1 is 1.00 bits per heavy atom. The Labute approximate surface area is 197 Å². The van der Waals surface area contributed by atoms with Gasteiger partial charge in [0.25, 0.3) is 0 Å². The van der Waals surface area contributed by atoms with Crippen molar-refractivity contribution in [3.63, 3.8) is 0 Å². The van der Waals surface area contributed by atoms with E-state index in [0.717, 1.165) is 18.2 Å². The van der Waals surface area contributed by atoms with Crippen molar-refractivity contribution >= 4 is 5.91 Å². The van der Waals surface area contributed by atoms with Crippen LogP contribution < -0.4 is 5.32 Å². The van der Waals surface area contributed by atoms with Crippen LogP contribution >= 0.6 is 0 Å². The molecule has 1 aromatic heterocycles. The summed E-state index contributed by atoms with van der Waals surface area (Å²) in [6.45, 7) is 1.72. The standard InChI is InChI=1S/C24H22F5N5O/c25-18-6-1-15(11-19(18)26)13-33-9-7-23(8-10-33)12-20-30-22(32-34(20)14-21(35)31-23)16-2-4-17(5-3-16)24(27,28)29/h1-6,11H,7-10,12-14H2,(H,31,35). The number of amides is 1. The maximum absolute atomic E-state index is 13.5. The molecular formula is C24H22F5N5O. The molecule has 1 spiro atoms. The van der Waals surface area contributed by atoms with Gasteiger partial charge in [-0.15, -0.1) is 0 Å². The van der Waals surface area contributed by atoms with E-state index in [1.165, 1.54) is 22.9 Å². The normalized spacial score (nSPS) is 18.3. The number of hydrogen-bond donors (Lipinski definition) is 1. The molecular weight excluding hydrogens is 469 g/mol. The molecule has 5 rings (SSSR count). The third-order valence-corrected chi connectivity index (χ3v) is 6.62. The van der Waals surface area contributed by atoms with Crippen molar-refractivity contribution in [3.05, 3.63) is 71.1 Å². The van der Waals surface area contributed by atoms with E-state index in [0.29, 0.717) is 55.8 Å². The van der Waals surface area contributed by atoms with E-state index in [-0.39, 0.29) is 18.3 Å². The highest BCUT2D eigenvalue weighted by Crippen LogP contribution is 2.32. The van der Waals surface area contributed by atoms with Crippen LogP contribution in [0, 0.1) is 11.6 Å². The zero-order valence-corrected chi connectivity index (χ0v) is 18.6. The molecule has 11 heteroatoms. The minimum atomic E-state index is -4.43. The summed E-state index contributed by atoms with van der Waals surface area (Å²) in [6.07, 6.45) is -2.73. The lowest BCUT2D eigenvalue weighted by Crippen LogP contribution is -2.56. The van der Waals surface area contributed by atoms with Crippen molar-refractivity contribution in [1.82, 2.24) is 25.0 Å². The Hall–Kier alpha value is -3.34. The maximum atomic E-state index is 13.5. The van der Waals surface area contributed by atoms with Gasteiger partial charge < -0.3 is 5.32 Å². The SMILES string of the molecule is O=C1Cn2nc(-c3ccc(C(F)(F)F)cc3)nc2CC2(CCN(Cc3ccc(F)c(F)c3)CC2)N1. The van der Waals surface area contributed by atoms with E-state index in [9.17, 15) is 26.7 Å². The molecule has 0 aliphatic carbocycles. The summed E-state index contributed by atoms with van der Waals surface area (Å²) in [7, 11) is 0. The Morgan fingerprint density at radius 2 is 1.71 bits per heavy atom. The van der Waals surface area contributed by atoms with E-state index < -0.39 is 28.9 Å². The maximum Gasteiger partial charge on any atom is 0.416 e. The predicted molar refractivity (Wildman–Crippen MR) is 116 cm³/mol. The van der Waals surface area contributed by atoms with Crippen LogP contribution in [0.3, 0.4) is 0 Å². The molecule has 1 saturated heterocycles. The van der Waals surface area contributed by atoms with Crippen LogP contribution in [0.15, 0.2) is 42.5 Å². The van der Waals surface area contributed by atoms with E-state index in [2.05, 4.69) is 20.3 Å². The molecule has 0 saturated carbocycles. The van der Waals surface area contributed by atoms with Gasteiger partial charge in [0.05, 0.1) is 5.56 Å². The highest BCUT2D eigenvalue weighted by molar-refractivity contribution is 5.77. The number of carbonyl (C=O) groups excluding carboxylic acids is 1.